The number of benzene rings is 2. The van der Waals surface area contributed by atoms with Gasteiger partial charge in [0.2, 0.25) is 6.29 Å². The highest BCUT2D eigenvalue weighted by atomic mass is 16.8. The number of carbonyl (C=O) groups excluding carboxylic acids is 3. The molecule has 0 amide bonds. The fourth-order valence-corrected chi connectivity index (χ4v) is 5.36. The molecule has 0 spiro atoms. The van der Waals surface area contributed by atoms with E-state index < -0.39 is 91.3 Å². The number of aliphatic hydroxyl groups is 5. The molecule has 2 aromatic carbocycles. The molecular formula is C29H32O15. The molecule has 2 fully saturated rings. The maximum atomic E-state index is 13.4. The number of hydrogen-bond acceptors (Lipinski definition) is 15. The third-order valence-corrected chi connectivity index (χ3v) is 7.91. The summed E-state index contributed by atoms with van der Waals surface area (Å²) in [7, 11) is 0. The molecule has 0 radical (unpaired) electrons. The van der Waals surface area contributed by atoms with E-state index in [1.165, 1.54) is 26.0 Å². The molecule has 15 nitrogen and oxygen atoms in total. The second-order valence-electron chi connectivity index (χ2n) is 10.9. The molecule has 10 atom stereocenters. The molecule has 5 rings (SSSR count). The molecule has 3 aliphatic rings. The average molecular weight is 621 g/mol. The SMILES string of the molecule is CC(=O)OC[C@H]1O[C@H](Oc2cc3c(c(O)c2C)C(=O)c2ccc(O)cc2C3=O)[C@H](O[C@@H]2O[C@H](C)[C@@H](O)[C@H](O)[C@@H]2O)[C@@H](O)[C@@H]1O. The summed E-state index contributed by atoms with van der Waals surface area (Å²) in [6, 6.07) is 4.77. The number of hydrogen-bond donors (Lipinski definition) is 7. The van der Waals surface area contributed by atoms with E-state index in [9.17, 15) is 50.1 Å². The molecular weight excluding hydrogens is 588 g/mol. The molecule has 1 aliphatic carbocycles. The van der Waals surface area contributed by atoms with E-state index in [4.69, 9.17) is 23.7 Å². The molecule has 7 N–H and O–H groups in total. The standard InChI is InChI=1S/C29H32O15/c1-9-16(7-15-18(19(9)32)22(35)13-5-4-12(31)6-14(13)21(15)34)42-29-27(25(38)23(36)17(43-29)8-40-11(3)30)44-28-26(39)24(37)20(33)10(2)41-28/h4-7,10,17,20,23-29,31-33,36-39H,8H2,1-3H3/t10-,17-,20-,23-,24+,25+,26+,27-,28+,29+/m1/s1. The van der Waals surface area contributed by atoms with Crippen LogP contribution in [-0.4, -0.2) is 121 Å². The van der Waals surface area contributed by atoms with Crippen LogP contribution in [0.5, 0.6) is 17.2 Å². The number of esters is 1. The number of ether oxygens (including phenoxy) is 5. The van der Waals surface area contributed by atoms with Gasteiger partial charge in [-0.2, -0.15) is 0 Å². The van der Waals surface area contributed by atoms with Gasteiger partial charge in [0.15, 0.2) is 24.0 Å². The van der Waals surface area contributed by atoms with Crippen molar-refractivity contribution in [2.45, 2.75) is 82.2 Å². The summed E-state index contributed by atoms with van der Waals surface area (Å²) in [4.78, 5) is 38.0. The van der Waals surface area contributed by atoms with Crippen LogP contribution < -0.4 is 4.74 Å². The van der Waals surface area contributed by atoms with Gasteiger partial charge < -0.3 is 59.4 Å². The Labute approximate surface area is 249 Å². The topological polar surface area (TPSA) is 239 Å². The van der Waals surface area contributed by atoms with Gasteiger partial charge in [-0.25, -0.2) is 0 Å². The quantitative estimate of drug-likeness (QED) is 0.160. The summed E-state index contributed by atoms with van der Waals surface area (Å²) < 4.78 is 27.9. The van der Waals surface area contributed by atoms with Crippen molar-refractivity contribution in [1.29, 1.82) is 0 Å². The Hall–Kier alpha value is -3.67. The van der Waals surface area contributed by atoms with Crippen LogP contribution in [0, 0.1) is 6.92 Å². The fourth-order valence-electron chi connectivity index (χ4n) is 5.36. The van der Waals surface area contributed by atoms with E-state index in [-0.39, 0.29) is 39.3 Å². The highest BCUT2D eigenvalue weighted by Crippen LogP contribution is 2.41. The van der Waals surface area contributed by atoms with E-state index in [0.29, 0.717) is 0 Å². The fraction of sp³-hybridized carbons (Fsp3) is 0.483. The van der Waals surface area contributed by atoms with E-state index in [1.807, 2.05) is 0 Å². The van der Waals surface area contributed by atoms with Crippen LogP contribution >= 0.6 is 0 Å². The summed E-state index contributed by atoms with van der Waals surface area (Å²) in [6.45, 7) is 3.37. The Balaban J connectivity index is 1.51. The van der Waals surface area contributed by atoms with Crippen LogP contribution in [0.2, 0.25) is 0 Å². The number of carbonyl (C=O) groups is 3. The number of aromatic hydroxyl groups is 2. The lowest BCUT2D eigenvalue weighted by Crippen LogP contribution is -2.64. The Bertz CT molecular complexity index is 1470. The molecule has 2 saturated heterocycles. The first-order chi connectivity index (χ1) is 20.7. The lowest BCUT2D eigenvalue weighted by atomic mass is 9.82. The van der Waals surface area contributed by atoms with Gasteiger partial charge in [0.25, 0.3) is 0 Å². The first kappa shape index (κ1) is 31.7. The minimum Gasteiger partial charge on any atom is -0.508 e. The highest BCUT2D eigenvalue weighted by molar-refractivity contribution is 6.29. The van der Waals surface area contributed by atoms with Gasteiger partial charge in [-0.05, 0) is 38.1 Å². The van der Waals surface area contributed by atoms with Crippen molar-refractivity contribution in [3.63, 3.8) is 0 Å². The minimum atomic E-state index is -1.84. The third kappa shape index (κ3) is 5.52. The number of fused-ring (bicyclic) bond motifs is 2. The molecule has 0 unspecified atom stereocenters. The maximum Gasteiger partial charge on any atom is 0.302 e. The molecule has 2 aliphatic heterocycles. The molecule has 2 heterocycles. The second kappa shape index (κ2) is 12.0. The van der Waals surface area contributed by atoms with Gasteiger partial charge in [-0.15, -0.1) is 0 Å². The van der Waals surface area contributed by atoms with E-state index >= 15 is 0 Å². The van der Waals surface area contributed by atoms with Crippen LogP contribution in [0.25, 0.3) is 0 Å². The summed E-state index contributed by atoms with van der Waals surface area (Å²) in [5, 5.41) is 73.5. The van der Waals surface area contributed by atoms with E-state index in [2.05, 4.69) is 0 Å². The van der Waals surface area contributed by atoms with Crippen molar-refractivity contribution in [3.8, 4) is 17.2 Å². The Kier molecular flexibility index (Phi) is 8.67. The van der Waals surface area contributed by atoms with Crippen molar-refractivity contribution < 1.29 is 73.8 Å². The van der Waals surface area contributed by atoms with Gasteiger partial charge >= 0.3 is 5.97 Å². The molecule has 238 valence electrons. The minimum absolute atomic E-state index is 0.0206. The van der Waals surface area contributed by atoms with Crippen molar-refractivity contribution in [2.24, 2.45) is 0 Å². The normalized spacial score (nSPS) is 33.4. The summed E-state index contributed by atoms with van der Waals surface area (Å²) in [6.07, 6.45) is -16.0. The predicted molar refractivity (Wildman–Crippen MR) is 143 cm³/mol. The first-order valence-electron chi connectivity index (χ1n) is 13.7. The molecule has 0 aromatic heterocycles. The van der Waals surface area contributed by atoms with Crippen molar-refractivity contribution in [2.75, 3.05) is 6.61 Å². The van der Waals surface area contributed by atoms with Crippen LogP contribution in [-0.2, 0) is 23.7 Å². The average Bonchev–Trinajstić information content (AvgIpc) is 2.98. The smallest absolute Gasteiger partial charge is 0.302 e. The number of phenols is 2. The summed E-state index contributed by atoms with van der Waals surface area (Å²) in [5.41, 5.74) is -0.698. The first-order valence-corrected chi connectivity index (χ1v) is 13.7. The van der Waals surface area contributed by atoms with Crippen LogP contribution in [0.15, 0.2) is 24.3 Å². The van der Waals surface area contributed by atoms with Crippen LogP contribution in [0.1, 0.15) is 51.3 Å². The largest absolute Gasteiger partial charge is 0.508 e. The highest BCUT2D eigenvalue weighted by Gasteiger charge is 2.51. The number of ketones is 2. The Morgan fingerprint density at radius 2 is 1.55 bits per heavy atom. The predicted octanol–water partition coefficient (Wildman–Crippen LogP) is -1.22. The van der Waals surface area contributed by atoms with Gasteiger partial charge in [-0.3, -0.25) is 14.4 Å². The van der Waals surface area contributed by atoms with Crippen molar-refractivity contribution in [3.05, 3.63) is 52.1 Å². The van der Waals surface area contributed by atoms with Crippen molar-refractivity contribution in [1.82, 2.24) is 0 Å². The third-order valence-electron chi connectivity index (χ3n) is 7.91. The number of phenolic OH excluding ortho intramolecular Hbond substituents is 2. The zero-order valence-electron chi connectivity index (χ0n) is 23.7. The summed E-state index contributed by atoms with van der Waals surface area (Å²) >= 11 is 0. The number of rotatable bonds is 6. The van der Waals surface area contributed by atoms with Crippen LogP contribution in [0.4, 0.5) is 0 Å². The lowest BCUT2D eigenvalue weighted by molar-refractivity contribution is -0.354. The monoisotopic (exact) mass is 620 g/mol. The van der Waals surface area contributed by atoms with E-state index in [0.717, 1.165) is 19.1 Å². The van der Waals surface area contributed by atoms with Crippen LogP contribution in [0.3, 0.4) is 0 Å². The van der Waals surface area contributed by atoms with Crippen molar-refractivity contribution >= 4 is 17.5 Å². The zero-order valence-corrected chi connectivity index (χ0v) is 23.7. The molecule has 0 saturated carbocycles. The van der Waals surface area contributed by atoms with Gasteiger partial charge in [-0.1, -0.05) is 0 Å². The molecule has 2 aromatic rings. The Morgan fingerprint density at radius 1 is 0.841 bits per heavy atom. The van der Waals surface area contributed by atoms with Gasteiger partial charge in [0.05, 0.1) is 11.7 Å². The molecule has 0 bridgehead atoms. The van der Waals surface area contributed by atoms with Gasteiger partial charge in [0, 0.05) is 29.2 Å². The zero-order chi connectivity index (χ0) is 32.2. The molecule has 15 heteroatoms. The lowest BCUT2D eigenvalue weighted by Gasteiger charge is -2.45. The Morgan fingerprint density at radius 3 is 2.23 bits per heavy atom. The van der Waals surface area contributed by atoms with Gasteiger partial charge in [0.1, 0.15) is 60.5 Å². The molecule has 44 heavy (non-hydrogen) atoms. The maximum absolute atomic E-state index is 13.4. The number of aliphatic hydroxyl groups excluding tert-OH is 5. The second-order valence-corrected chi connectivity index (χ2v) is 10.9. The van der Waals surface area contributed by atoms with E-state index in [1.54, 1.807) is 0 Å². The summed E-state index contributed by atoms with van der Waals surface area (Å²) in [5.74, 6) is -3.15.